The molecule has 0 saturated carbocycles. The molecule has 1 fully saturated rings. The van der Waals surface area contributed by atoms with Crippen LogP contribution in [0.3, 0.4) is 0 Å². The molecule has 1 aromatic heterocycles. The lowest BCUT2D eigenvalue weighted by Crippen LogP contribution is -2.51. The largest absolute Gasteiger partial charge is 0.336 e. The molecule has 2 heterocycles. The van der Waals surface area contributed by atoms with Gasteiger partial charge in [-0.25, -0.2) is 0 Å². The van der Waals surface area contributed by atoms with E-state index in [1.807, 2.05) is 19.1 Å². The average Bonchev–Trinajstić information content (AvgIpc) is 2.46. The van der Waals surface area contributed by atoms with Crippen LogP contribution in [-0.2, 0) is 0 Å². The van der Waals surface area contributed by atoms with Crippen molar-refractivity contribution in [1.29, 1.82) is 0 Å². The molecular formula is C15H16BrN3O2. The lowest BCUT2D eigenvalue weighted by molar-refractivity contribution is 0.0711. The highest BCUT2D eigenvalue weighted by Crippen LogP contribution is 2.22. The van der Waals surface area contributed by atoms with Crippen molar-refractivity contribution in [2.75, 3.05) is 19.6 Å². The Bertz CT molecular complexity index is 756. The van der Waals surface area contributed by atoms with E-state index in [0.717, 1.165) is 16.4 Å². The SMILES string of the molecule is C[C@H]1CN(C(=O)c2cc(=O)[nH]c3ccc(Br)cc23)CCN1. The van der Waals surface area contributed by atoms with E-state index in [2.05, 4.69) is 26.2 Å². The second kappa shape index (κ2) is 5.61. The topological polar surface area (TPSA) is 65.2 Å². The molecule has 1 aromatic carbocycles. The van der Waals surface area contributed by atoms with Gasteiger partial charge in [0.05, 0.1) is 5.56 Å². The third-order valence-electron chi connectivity index (χ3n) is 3.69. The predicted molar refractivity (Wildman–Crippen MR) is 85.6 cm³/mol. The number of pyridine rings is 1. The Hall–Kier alpha value is -1.66. The molecular weight excluding hydrogens is 334 g/mol. The number of rotatable bonds is 1. The summed E-state index contributed by atoms with van der Waals surface area (Å²) in [4.78, 5) is 29.1. The van der Waals surface area contributed by atoms with Gasteiger partial charge in [-0.1, -0.05) is 15.9 Å². The normalized spacial score (nSPS) is 19.0. The van der Waals surface area contributed by atoms with Gasteiger partial charge >= 0.3 is 0 Å². The maximum Gasteiger partial charge on any atom is 0.254 e. The first-order valence-electron chi connectivity index (χ1n) is 6.90. The molecule has 3 rings (SSSR count). The molecule has 0 radical (unpaired) electrons. The summed E-state index contributed by atoms with van der Waals surface area (Å²) in [6.45, 7) is 4.14. The molecule has 1 amide bonds. The number of carbonyl (C=O) groups excluding carboxylic acids is 1. The van der Waals surface area contributed by atoms with E-state index in [1.54, 1.807) is 11.0 Å². The number of fused-ring (bicyclic) bond motifs is 1. The summed E-state index contributed by atoms with van der Waals surface area (Å²) in [5.74, 6) is -0.0856. The lowest BCUT2D eigenvalue weighted by atomic mass is 10.1. The number of aromatic nitrogens is 1. The number of aromatic amines is 1. The van der Waals surface area contributed by atoms with Gasteiger partial charge in [0, 0.05) is 47.1 Å². The highest BCUT2D eigenvalue weighted by atomic mass is 79.9. The Morgan fingerprint density at radius 2 is 2.19 bits per heavy atom. The number of piperazine rings is 1. The van der Waals surface area contributed by atoms with Crippen LogP contribution < -0.4 is 10.9 Å². The first-order valence-corrected chi connectivity index (χ1v) is 7.69. The number of halogens is 1. The molecule has 5 nitrogen and oxygen atoms in total. The minimum atomic E-state index is -0.253. The number of amides is 1. The highest BCUT2D eigenvalue weighted by Gasteiger charge is 2.23. The van der Waals surface area contributed by atoms with Crippen molar-refractivity contribution in [2.24, 2.45) is 0 Å². The molecule has 2 aromatic rings. The van der Waals surface area contributed by atoms with Crippen LogP contribution in [0, 0.1) is 0 Å². The lowest BCUT2D eigenvalue weighted by Gasteiger charge is -2.32. The zero-order valence-corrected chi connectivity index (χ0v) is 13.2. The van der Waals surface area contributed by atoms with Crippen molar-refractivity contribution in [3.05, 3.63) is 44.7 Å². The van der Waals surface area contributed by atoms with Crippen LogP contribution in [-0.4, -0.2) is 41.5 Å². The Kier molecular flexibility index (Phi) is 3.82. The van der Waals surface area contributed by atoms with Gasteiger partial charge in [0.1, 0.15) is 0 Å². The van der Waals surface area contributed by atoms with Crippen molar-refractivity contribution in [3.8, 4) is 0 Å². The van der Waals surface area contributed by atoms with Crippen LogP contribution in [0.15, 0.2) is 33.5 Å². The van der Waals surface area contributed by atoms with Gasteiger partial charge in [-0.05, 0) is 25.1 Å². The van der Waals surface area contributed by atoms with Crippen molar-refractivity contribution in [2.45, 2.75) is 13.0 Å². The molecule has 110 valence electrons. The molecule has 1 atom stereocenters. The minimum absolute atomic E-state index is 0.0856. The molecule has 1 aliphatic rings. The summed E-state index contributed by atoms with van der Waals surface area (Å²) in [7, 11) is 0. The Balaban J connectivity index is 2.08. The number of H-pyrrole nitrogens is 1. The van der Waals surface area contributed by atoms with Gasteiger partial charge in [-0.15, -0.1) is 0 Å². The number of carbonyl (C=O) groups is 1. The number of nitrogens with one attached hydrogen (secondary N) is 2. The molecule has 0 bridgehead atoms. The fourth-order valence-corrected chi connectivity index (χ4v) is 3.05. The van der Waals surface area contributed by atoms with Crippen LogP contribution in [0.2, 0.25) is 0 Å². The molecule has 21 heavy (non-hydrogen) atoms. The standard InChI is InChI=1S/C15H16BrN3O2/c1-9-8-19(5-4-17-9)15(21)12-7-14(20)18-13-3-2-10(16)6-11(12)13/h2-3,6-7,9,17H,4-5,8H2,1H3,(H,18,20)/t9-/m0/s1. The van der Waals surface area contributed by atoms with Crippen LogP contribution in [0.25, 0.3) is 10.9 Å². The maximum absolute atomic E-state index is 12.8. The minimum Gasteiger partial charge on any atom is -0.336 e. The van der Waals surface area contributed by atoms with E-state index >= 15 is 0 Å². The molecule has 1 aliphatic heterocycles. The molecule has 0 unspecified atom stereocenters. The summed E-state index contributed by atoms with van der Waals surface area (Å²) < 4.78 is 0.879. The maximum atomic E-state index is 12.8. The van der Waals surface area contributed by atoms with Crippen molar-refractivity contribution in [1.82, 2.24) is 15.2 Å². The molecule has 6 heteroatoms. The molecule has 0 aliphatic carbocycles. The van der Waals surface area contributed by atoms with Crippen LogP contribution in [0.1, 0.15) is 17.3 Å². The number of nitrogens with zero attached hydrogens (tertiary/aromatic N) is 1. The third kappa shape index (κ3) is 2.87. The van der Waals surface area contributed by atoms with Crippen molar-refractivity contribution >= 4 is 32.7 Å². The summed E-state index contributed by atoms with van der Waals surface area (Å²) in [6.07, 6.45) is 0. The first-order chi connectivity index (χ1) is 10.0. The van der Waals surface area contributed by atoms with Gasteiger partial charge in [-0.2, -0.15) is 0 Å². The van der Waals surface area contributed by atoms with E-state index in [4.69, 9.17) is 0 Å². The zero-order chi connectivity index (χ0) is 15.0. The quantitative estimate of drug-likeness (QED) is 0.823. The second-order valence-electron chi connectivity index (χ2n) is 5.34. The Morgan fingerprint density at radius 1 is 1.38 bits per heavy atom. The highest BCUT2D eigenvalue weighted by molar-refractivity contribution is 9.10. The van der Waals surface area contributed by atoms with Gasteiger partial charge in [0.15, 0.2) is 0 Å². The third-order valence-corrected chi connectivity index (χ3v) is 4.18. The summed E-state index contributed by atoms with van der Waals surface area (Å²) in [5.41, 5.74) is 0.887. The number of hydrogen-bond donors (Lipinski definition) is 2. The monoisotopic (exact) mass is 349 g/mol. The fraction of sp³-hybridized carbons (Fsp3) is 0.333. The van der Waals surface area contributed by atoms with Gasteiger partial charge < -0.3 is 15.2 Å². The Morgan fingerprint density at radius 3 is 2.95 bits per heavy atom. The van der Waals surface area contributed by atoms with E-state index in [0.29, 0.717) is 24.2 Å². The second-order valence-corrected chi connectivity index (χ2v) is 6.26. The summed E-state index contributed by atoms with van der Waals surface area (Å²) in [5, 5.41) is 4.07. The predicted octanol–water partition coefficient (Wildman–Crippen LogP) is 1.72. The zero-order valence-electron chi connectivity index (χ0n) is 11.6. The first kappa shape index (κ1) is 14.3. The van der Waals surface area contributed by atoms with Crippen LogP contribution in [0.5, 0.6) is 0 Å². The van der Waals surface area contributed by atoms with E-state index in [1.165, 1.54) is 6.07 Å². The van der Waals surface area contributed by atoms with E-state index in [-0.39, 0.29) is 17.5 Å². The van der Waals surface area contributed by atoms with Gasteiger partial charge in [0.2, 0.25) is 5.56 Å². The number of benzene rings is 1. The molecule has 1 saturated heterocycles. The average molecular weight is 350 g/mol. The van der Waals surface area contributed by atoms with Gasteiger partial charge in [-0.3, -0.25) is 9.59 Å². The van der Waals surface area contributed by atoms with E-state index in [9.17, 15) is 9.59 Å². The van der Waals surface area contributed by atoms with Crippen molar-refractivity contribution < 1.29 is 4.79 Å². The summed E-state index contributed by atoms with van der Waals surface area (Å²) in [6, 6.07) is 7.17. The smallest absolute Gasteiger partial charge is 0.254 e. The molecule has 0 spiro atoms. The van der Waals surface area contributed by atoms with Crippen LogP contribution >= 0.6 is 15.9 Å². The van der Waals surface area contributed by atoms with Crippen LogP contribution in [0.4, 0.5) is 0 Å². The Labute approximate surface area is 130 Å². The molecule has 2 N–H and O–H groups in total. The summed E-state index contributed by atoms with van der Waals surface area (Å²) >= 11 is 3.41. The van der Waals surface area contributed by atoms with E-state index < -0.39 is 0 Å². The number of hydrogen-bond acceptors (Lipinski definition) is 3. The van der Waals surface area contributed by atoms with Gasteiger partial charge in [0.25, 0.3) is 5.91 Å². The van der Waals surface area contributed by atoms with Crippen molar-refractivity contribution in [3.63, 3.8) is 0 Å². The fourth-order valence-electron chi connectivity index (χ4n) is 2.69.